The van der Waals surface area contributed by atoms with Gasteiger partial charge in [-0.1, -0.05) is 43.5 Å². The molecule has 2 aromatic rings. The van der Waals surface area contributed by atoms with Crippen LogP contribution in [0.3, 0.4) is 0 Å². The van der Waals surface area contributed by atoms with Gasteiger partial charge >= 0.3 is 16.3 Å². The van der Waals surface area contributed by atoms with Crippen molar-refractivity contribution in [3.63, 3.8) is 0 Å². The van der Waals surface area contributed by atoms with E-state index in [9.17, 15) is 22.9 Å². The molecule has 1 fully saturated rings. The Bertz CT molecular complexity index is 1040. The first-order chi connectivity index (χ1) is 15.7. The van der Waals surface area contributed by atoms with Crippen LogP contribution in [0.1, 0.15) is 37.7 Å². The van der Waals surface area contributed by atoms with Gasteiger partial charge in [-0.05, 0) is 42.7 Å². The van der Waals surface area contributed by atoms with E-state index in [0.717, 1.165) is 47.7 Å². The van der Waals surface area contributed by atoms with Crippen molar-refractivity contribution in [1.29, 1.82) is 0 Å². The van der Waals surface area contributed by atoms with Crippen LogP contribution >= 0.6 is 0 Å². The molecule has 6 N–H and O–H groups in total. The van der Waals surface area contributed by atoms with Gasteiger partial charge in [0.1, 0.15) is 0 Å². The number of anilines is 3. The molecule has 1 aliphatic rings. The second kappa shape index (κ2) is 10.9. The Balaban J connectivity index is 1.92. The summed E-state index contributed by atoms with van der Waals surface area (Å²) < 4.78 is 35.0. The van der Waals surface area contributed by atoms with Gasteiger partial charge in [0.15, 0.2) is 0 Å². The SMILES string of the molecule is NCc1ccc(N(C[C@@H](CN(c2ccccc2N)C2CCCCC2)C(=O)O)S(=O)(=O)O)cc1. The molecular formula is C23H32N4O5S. The van der Waals surface area contributed by atoms with E-state index in [1.54, 1.807) is 18.2 Å². The topological polar surface area (TPSA) is 150 Å². The van der Waals surface area contributed by atoms with E-state index in [4.69, 9.17) is 11.5 Å². The highest BCUT2D eigenvalue weighted by atomic mass is 32.2. The van der Waals surface area contributed by atoms with E-state index in [-0.39, 0.29) is 24.8 Å². The number of carbonyl (C=O) groups is 1. The number of carboxylic acids is 1. The van der Waals surface area contributed by atoms with Gasteiger partial charge in [-0.25, -0.2) is 4.31 Å². The third-order valence-corrected chi connectivity index (χ3v) is 7.07. The lowest BCUT2D eigenvalue weighted by Gasteiger charge is -2.39. The lowest BCUT2D eigenvalue weighted by molar-refractivity contribution is -0.141. The van der Waals surface area contributed by atoms with Gasteiger partial charge in [0.05, 0.1) is 29.5 Å². The zero-order valence-corrected chi connectivity index (χ0v) is 19.3. The van der Waals surface area contributed by atoms with Gasteiger partial charge in [0.2, 0.25) is 0 Å². The zero-order chi connectivity index (χ0) is 24.0. The highest BCUT2D eigenvalue weighted by Crippen LogP contribution is 2.32. The van der Waals surface area contributed by atoms with E-state index in [2.05, 4.69) is 0 Å². The fourth-order valence-electron chi connectivity index (χ4n) is 4.37. The molecule has 0 amide bonds. The molecule has 0 spiro atoms. The smallest absolute Gasteiger partial charge is 0.359 e. The van der Waals surface area contributed by atoms with E-state index in [0.29, 0.717) is 5.69 Å². The average molecular weight is 477 g/mol. The Labute approximate surface area is 194 Å². The number of hydrogen-bond donors (Lipinski definition) is 4. The normalized spacial score (nSPS) is 15.7. The van der Waals surface area contributed by atoms with Crippen molar-refractivity contribution in [3.05, 3.63) is 54.1 Å². The van der Waals surface area contributed by atoms with Gasteiger partial charge in [-0.2, -0.15) is 8.42 Å². The van der Waals surface area contributed by atoms with Crippen LogP contribution in [-0.2, 0) is 21.6 Å². The number of rotatable bonds is 10. The molecule has 0 aromatic heterocycles. The largest absolute Gasteiger partial charge is 0.481 e. The van der Waals surface area contributed by atoms with Crippen molar-refractivity contribution in [2.45, 2.75) is 44.7 Å². The van der Waals surface area contributed by atoms with Crippen molar-refractivity contribution in [2.75, 3.05) is 28.0 Å². The molecule has 0 unspecified atom stereocenters. The molecule has 1 saturated carbocycles. The summed E-state index contributed by atoms with van der Waals surface area (Å²) in [5, 5.41) is 10.0. The van der Waals surface area contributed by atoms with Gasteiger partial charge < -0.3 is 21.5 Å². The summed E-state index contributed by atoms with van der Waals surface area (Å²) in [6.07, 6.45) is 5.02. The number of nitrogens with zero attached hydrogens (tertiary/aromatic N) is 2. The Hall–Kier alpha value is -2.82. The van der Waals surface area contributed by atoms with Gasteiger partial charge in [0, 0.05) is 19.1 Å². The van der Waals surface area contributed by atoms with E-state index in [1.807, 2.05) is 23.1 Å². The van der Waals surface area contributed by atoms with Crippen LogP contribution < -0.4 is 20.7 Å². The van der Waals surface area contributed by atoms with Gasteiger partial charge in [0.25, 0.3) is 0 Å². The Morgan fingerprint density at radius 2 is 1.67 bits per heavy atom. The maximum absolute atomic E-state index is 12.3. The fourth-order valence-corrected chi connectivity index (χ4v) is 5.13. The molecule has 0 saturated heterocycles. The lowest BCUT2D eigenvalue weighted by atomic mass is 9.92. The Morgan fingerprint density at radius 1 is 1.03 bits per heavy atom. The summed E-state index contributed by atoms with van der Waals surface area (Å²) in [4.78, 5) is 14.2. The van der Waals surface area contributed by atoms with Crippen LogP contribution in [-0.4, -0.2) is 43.2 Å². The third-order valence-electron chi connectivity index (χ3n) is 6.15. The number of nitrogen functional groups attached to an aromatic ring is 1. The number of nitrogens with two attached hydrogens (primary N) is 2. The second-order valence-electron chi connectivity index (χ2n) is 8.42. The van der Waals surface area contributed by atoms with Gasteiger partial charge in [-0.15, -0.1) is 0 Å². The fraction of sp³-hybridized carbons (Fsp3) is 0.435. The number of aliphatic carboxylic acids is 1. The standard InChI is InChI=1S/C23H32N4O5S/c24-14-17-10-12-20(13-11-17)27(33(30,31)32)16-18(23(28)29)15-26(19-6-2-1-3-7-19)22-9-5-4-8-21(22)25/h4-5,8-13,18-19H,1-3,6-7,14-16,24-25H2,(H,28,29)(H,30,31,32)/t18-/m1/s1. The molecule has 1 aliphatic carbocycles. The molecule has 180 valence electrons. The maximum atomic E-state index is 12.3. The third kappa shape index (κ3) is 6.37. The molecule has 0 aliphatic heterocycles. The van der Waals surface area contributed by atoms with Crippen molar-refractivity contribution >= 4 is 33.3 Å². The van der Waals surface area contributed by atoms with Crippen LogP contribution in [0.25, 0.3) is 0 Å². The van der Waals surface area contributed by atoms with Crippen LogP contribution in [0.4, 0.5) is 17.1 Å². The summed E-state index contributed by atoms with van der Waals surface area (Å²) in [6.45, 7) is -0.0913. The molecule has 33 heavy (non-hydrogen) atoms. The van der Waals surface area contributed by atoms with E-state index in [1.165, 1.54) is 12.1 Å². The van der Waals surface area contributed by atoms with Crippen molar-refractivity contribution in [3.8, 4) is 0 Å². The minimum absolute atomic E-state index is 0.0567. The van der Waals surface area contributed by atoms with E-state index >= 15 is 0 Å². The highest BCUT2D eigenvalue weighted by Gasteiger charge is 2.32. The molecule has 9 nitrogen and oxygen atoms in total. The highest BCUT2D eigenvalue weighted by molar-refractivity contribution is 7.87. The zero-order valence-electron chi connectivity index (χ0n) is 18.5. The van der Waals surface area contributed by atoms with Crippen molar-refractivity contribution in [2.24, 2.45) is 11.7 Å². The van der Waals surface area contributed by atoms with Crippen LogP contribution in [0.5, 0.6) is 0 Å². The number of carboxylic acid groups (broad SMARTS) is 1. The van der Waals surface area contributed by atoms with Crippen LogP contribution in [0.15, 0.2) is 48.5 Å². The monoisotopic (exact) mass is 476 g/mol. The molecule has 0 bridgehead atoms. The Morgan fingerprint density at radius 3 is 2.21 bits per heavy atom. The lowest BCUT2D eigenvalue weighted by Crippen LogP contribution is -2.46. The maximum Gasteiger partial charge on any atom is 0.359 e. The second-order valence-corrected chi connectivity index (χ2v) is 9.75. The predicted octanol–water partition coefficient (Wildman–Crippen LogP) is 2.88. The first kappa shape index (κ1) is 24.8. The Kier molecular flexibility index (Phi) is 8.17. The summed E-state index contributed by atoms with van der Waals surface area (Å²) in [5.74, 6) is -2.26. The first-order valence-electron chi connectivity index (χ1n) is 11.1. The minimum Gasteiger partial charge on any atom is -0.481 e. The van der Waals surface area contributed by atoms with Crippen LogP contribution in [0, 0.1) is 5.92 Å². The van der Waals surface area contributed by atoms with Gasteiger partial charge in [-0.3, -0.25) is 9.35 Å². The average Bonchev–Trinajstić information content (AvgIpc) is 2.80. The predicted molar refractivity (Wildman–Crippen MR) is 129 cm³/mol. The van der Waals surface area contributed by atoms with Crippen molar-refractivity contribution in [1.82, 2.24) is 0 Å². The molecule has 1 atom stereocenters. The number of para-hydroxylation sites is 2. The van der Waals surface area contributed by atoms with E-state index < -0.39 is 28.7 Å². The molecular weight excluding hydrogens is 444 g/mol. The summed E-state index contributed by atoms with van der Waals surface area (Å²) >= 11 is 0. The molecule has 2 aromatic carbocycles. The molecule has 0 radical (unpaired) electrons. The first-order valence-corrected chi connectivity index (χ1v) is 12.5. The summed E-state index contributed by atoms with van der Waals surface area (Å²) in [5.41, 5.74) is 14.1. The number of hydrogen-bond acceptors (Lipinski definition) is 6. The molecule has 10 heteroatoms. The van der Waals surface area contributed by atoms with Crippen LogP contribution in [0.2, 0.25) is 0 Å². The summed E-state index contributed by atoms with van der Waals surface area (Å²) in [6, 6.07) is 13.7. The molecule has 3 rings (SSSR count). The van der Waals surface area contributed by atoms with Crippen molar-refractivity contribution < 1.29 is 22.9 Å². The summed E-state index contributed by atoms with van der Waals surface area (Å²) in [7, 11) is -4.70. The molecule has 0 heterocycles. The minimum atomic E-state index is -4.70. The quantitative estimate of drug-likeness (QED) is 0.302. The number of benzene rings is 2.